The molecule has 0 aromatic carbocycles. The van der Waals surface area contributed by atoms with Crippen LogP contribution in [0.3, 0.4) is 0 Å². The summed E-state index contributed by atoms with van der Waals surface area (Å²) in [7, 11) is 0. The number of hydrogen-bond acceptors (Lipinski definition) is 2. The Morgan fingerprint density at radius 1 is 1.38 bits per heavy atom. The smallest absolute Gasteiger partial charge is 0.270 e. The molecule has 0 saturated carbocycles. The maximum Gasteiger partial charge on any atom is 0.270 e. The number of halogens is 1. The first kappa shape index (κ1) is 16.6. The lowest BCUT2D eigenvalue weighted by molar-refractivity contribution is 0.0778. The van der Waals surface area contributed by atoms with E-state index in [-0.39, 0.29) is 17.9 Å². The first-order chi connectivity index (χ1) is 11.6. The Hall–Kier alpha value is -2.21. The van der Waals surface area contributed by atoms with Crippen molar-refractivity contribution < 1.29 is 9.59 Å². The minimum Gasteiger partial charge on any atom is -0.356 e. The van der Waals surface area contributed by atoms with Gasteiger partial charge in [-0.05, 0) is 31.0 Å². The number of aryl methyl sites for hydroxylation is 1. The number of nitrogens with one attached hydrogen (secondary N) is 3. The summed E-state index contributed by atoms with van der Waals surface area (Å²) in [6.07, 6.45) is 4.29. The first-order valence-corrected chi connectivity index (χ1v) is 8.56. The Bertz CT molecular complexity index is 737. The van der Waals surface area contributed by atoms with Crippen molar-refractivity contribution in [2.75, 3.05) is 13.1 Å². The molecule has 2 amide bonds. The summed E-state index contributed by atoms with van der Waals surface area (Å²) in [5, 5.41) is 3.44. The van der Waals surface area contributed by atoms with Gasteiger partial charge in [0.25, 0.3) is 11.8 Å². The van der Waals surface area contributed by atoms with E-state index in [4.69, 9.17) is 11.6 Å². The van der Waals surface area contributed by atoms with Crippen molar-refractivity contribution in [2.24, 2.45) is 0 Å². The van der Waals surface area contributed by atoms with Gasteiger partial charge in [0.15, 0.2) is 0 Å². The Morgan fingerprint density at radius 3 is 2.92 bits per heavy atom. The highest BCUT2D eigenvalue weighted by Gasteiger charge is 2.29. The summed E-state index contributed by atoms with van der Waals surface area (Å²) in [5.74, 6) is -0.219. The molecule has 1 saturated heterocycles. The summed E-state index contributed by atoms with van der Waals surface area (Å²) in [6.45, 7) is 3.26. The number of carbonyl (C=O) groups excluding carboxylic acids is 2. The highest BCUT2D eigenvalue weighted by Crippen LogP contribution is 2.15. The second-order valence-electron chi connectivity index (χ2n) is 6.09. The predicted molar refractivity (Wildman–Crippen MR) is 92.4 cm³/mol. The molecule has 128 valence electrons. The zero-order chi connectivity index (χ0) is 17.1. The van der Waals surface area contributed by atoms with Gasteiger partial charge < -0.3 is 20.2 Å². The van der Waals surface area contributed by atoms with Crippen LogP contribution in [-0.2, 0) is 6.42 Å². The number of carbonyl (C=O) groups is 2. The van der Waals surface area contributed by atoms with E-state index in [9.17, 15) is 9.59 Å². The van der Waals surface area contributed by atoms with Crippen LogP contribution in [0.15, 0.2) is 24.4 Å². The van der Waals surface area contributed by atoms with Gasteiger partial charge in [-0.25, -0.2) is 0 Å². The van der Waals surface area contributed by atoms with Crippen molar-refractivity contribution in [3.63, 3.8) is 0 Å². The van der Waals surface area contributed by atoms with Crippen LogP contribution in [-0.4, -0.2) is 45.8 Å². The fraction of sp³-hybridized carbons (Fsp3) is 0.412. The third-order valence-electron chi connectivity index (χ3n) is 4.20. The molecule has 0 bridgehead atoms. The number of aromatic nitrogens is 2. The molecule has 1 atom stereocenters. The second-order valence-corrected chi connectivity index (χ2v) is 6.53. The van der Waals surface area contributed by atoms with E-state index in [1.54, 1.807) is 17.2 Å². The van der Waals surface area contributed by atoms with Gasteiger partial charge >= 0.3 is 0 Å². The molecule has 3 heterocycles. The average Bonchev–Trinajstić information content (AvgIpc) is 3.28. The summed E-state index contributed by atoms with van der Waals surface area (Å²) in [4.78, 5) is 32.4. The molecule has 1 fully saturated rings. The molecular weight excluding hydrogens is 328 g/mol. The standard InChI is InChI=1S/C17H21ClN4O2/c1-2-3-12-4-5-14(20-12)17(24)22-7-6-13(10-22)21-16(23)15-8-11(18)9-19-15/h4-5,8-9,13,19-20H,2-3,6-7,10H2,1H3,(H,21,23)/t13-/m1/s1. The third kappa shape index (κ3) is 3.64. The Kier molecular flexibility index (Phi) is 4.94. The van der Waals surface area contributed by atoms with Gasteiger partial charge in [0.05, 0.1) is 5.02 Å². The normalized spacial score (nSPS) is 17.2. The van der Waals surface area contributed by atoms with Gasteiger partial charge in [-0.1, -0.05) is 24.9 Å². The molecule has 7 heteroatoms. The summed E-state index contributed by atoms with van der Waals surface area (Å²) < 4.78 is 0. The molecule has 2 aromatic rings. The van der Waals surface area contributed by atoms with Crippen LogP contribution >= 0.6 is 11.6 Å². The van der Waals surface area contributed by atoms with Gasteiger partial charge in [0.2, 0.25) is 0 Å². The van der Waals surface area contributed by atoms with Crippen LogP contribution < -0.4 is 5.32 Å². The number of rotatable bonds is 5. The van der Waals surface area contributed by atoms with Crippen LogP contribution in [0.5, 0.6) is 0 Å². The molecule has 0 aliphatic carbocycles. The van der Waals surface area contributed by atoms with E-state index in [2.05, 4.69) is 22.2 Å². The van der Waals surface area contributed by atoms with E-state index >= 15 is 0 Å². The lowest BCUT2D eigenvalue weighted by Crippen LogP contribution is -2.38. The Balaban J connectivity index is 1.56. The highest BCUT2D eigenvalue weighted by atomic mass is 35.5. The molecule has 0 radical (unpaired) electrons. The Labute approximate surface area is 145 Å². The maximum atomic E-state index is 12.5. The van der Waals surface area contributed by atoms with Crippen molar-refractivity contribution in [1.29, 1.82) is 0 Å². The number of H-pyrrole nitrogens is 2. The minimum absolute atomic E-state index is 0.0166. The van der Waals surface area contributed by atoms with E-state index < -0.39 is 0 Å². The van der Waals surface area contributed by atoms with E-state index in [0.29, 0.717) is 29.5 Å². The van der Waals surface area contributed by atoms with Crippen LogP contribution in [0, 0.1) is 0 Å². The SMILES string of the molecule is CCCc1ccc(C(=O)N2CC[C@@H](NC(=O)c3cc(Cl)c[nH]3)C2)[nH]1. The summed E-state index contributed by atoms with van der Waals surface area (Å²) in [5.41, 5.74) is 2.12. The molecule has 6 nitrogen and oxygen atoms in total. The van der Waals surface area contributed by atoms with Crippen LogP contribution in [0.25, 0.3) is 0 Å². The summed E-state index contributed by atoms with van der Waals surface area (Å²) >= 11 is 5.81. The van der Waals surface area contributed by atoms with Crippen molar-refractivity contribution in [3.8, 4) is 0 Å². The molecule has 24 heavy (non-hydrogen) atoms. The number of aromatic amines is 2. The van der Waals surface area contributed by atoms with Gasteiger partial charge in [0.1, 0.15) is 11.4 Å². The molecule has 0 spiro atoms. The maximum absolute atomic E-state index is 12.5. The lowest BCUT2D eigenvalue weighted by atomic mass is 10.2. The lowest BCUT2D eigenvalue weighted by Gasteiger charge is -2.16. The Morgan fingerprint density at radius 2 is 2.21 bits per heavy atom. The summed E-state index contributed by atoms with van der Waals surface area (Å²) in [6, 6.07) is 5.33. The van der Waals surface area contributed by atoms with E-state index in [1.165, 1.54) is 0 Å². The van der Waals surface area contributed by atoms with Gasteiger partial charge in [-0.3, -0.25) is 9.59 Å². The third-order valence-corrected chi connectivity index (χ3v) is 4.42. The van der Waals surface area contributed by atoms with Gasteiger partial charge in [0, 0.05) is 31.0 Å². The van der Waals surface area contributed by atoms with Crippen LogP contribution in [0.4, 0.5) is 0 Å². The average molecular weight is 349 g/mol. The quantitative estimate of drug-likeness (QED) is 0.776. The zero-order valence-electron chi connectivity index (χ0n) is 13.6. The number of amides is 2. The van der Waals surface area contributed by atoms with Crippen molar-refractivity contribution in [3.05, 3.63) is 46.5 Å². The van der Waals surface area contributed by atoms with Crippen LogP contribution in [0.1, 0.15) is 46.4 Å². The fourth-order valence-electron chi connectivity index (χ4n) is 2.98. The molecule has 3 rings (SSSR count). The van der Waals surface area contributed by atoms with Gasteiger partial charge in [-0.15, -0.1) is 0 Å². The van der Waals surface area contributed by atoms with Crippen molar-refractivity contribution >= 4 is 23.4 Å². The monoisotopic (exact) mass is 348 g/mol. The largest absolute Gasteiger partial charge is 0.356 e. The highest BCUT2D eigenvalue weighted by molar-refractivity contribution is 6.30. The number of likely N-dealkylation sites (tertiary alicyclic amines) is 1. The molecule has 3 N–H and O–H groups in total. The molecule has 1 aliphatic heterocycles. The van der Waals surface area contributed by atoms with E-state index in [1.807, 2.05) is 12.1 Å². The first-order valence-electron chi connectivity index (χ1n) is 8.18. The topological polar surface area (TPSA) is 81.0 Å². The van der Waals surface area contributed by atoms with E-state index in [0.717, 1.165) is 25.0 Å². The molecule has 0 unspecified atom stereocenters. The number of hydrogen-bond donors (Lipinski definition) is 3. The van der Waals surface area contributed by atoms with Crippen molar-refractivity contribution in [1.82, 2.24) is 20.2 Å². The molecule has 2 aromatic heterocycles. The predicted octanol–water partition coefficient (Wildman–Crippen LogP) is 2.59. The zero-order valence-corrected chi connectivity index (χ0v) is 14.3. The number of nitrogens with zero attached hydrogens (tertiary/aromatic N) is 1. The molecular formula is C17H21ClN4O2. The fourth-order valence-corrected chi connectivity index (χ4v) is 3.14. The second kappa shape index (κ2) is 7.13. The van der Waals surface area contributed by atoms with Crippen LogP contribution in [0.2, 0.25) is 5.02 Å². The minimum atomic E-state index is -0.202. The van der Waals surface area contributed by atoms with Crippen molar-refractivity contribution in [2.45, 2.75) is 32.2 Å². The molecule has 1 aliphatic rings. The van der Waals surface area contributed by atoms with Gasteiger partial charge in [-0.2, -0.15) is 0 Å².